The van der Waals surface area contributed by atoms with Gasteiger partial charge in [0.25, 0.3) is 0 Å². The summed E-state index contributed by atoms with van der Waals surface area (Å²) in [7, 11) is 0. The molecule has 0 saturated heterocycles. The maximum atomic E-state index is 2.44. The maximum absolute atomic E-state index is 2.44. The van der Waals surface area contributed by atoms with Gasteiger partial charge in [0, 0.05) is 37.2 Å². The van der Waals surface area contributed by atoms with E-state index in [2.05, 4.69) is 229 Å². The second kappa shape index (κ2) is 14.1. The van der Waals surface area contributed by atoms with Crippen molar-refractivity contribution in [2.75, 3.05) is 4.90 Å². The van der Waals surface area contributed by atoms with Gasteiger partial charge >= 0.3 is 0 Å². The predicted octanol–water partition coefficient (Wildman–Crippen LogP) is 17.1. The molecule has 11 aromatic carbocycles. The van der Waals surface area contributed by atoms with E-state index in [-0.39, 0.29) is 0 Å². The molecule has 0 amide bonds. The fourth-order valence-electron chi connectivity index (χ4n) is 9.27. The molecular formula is C58H37NS. The molecule has 0 N–H and O–H groups in total. The van der Waals surface area contributed by atoms with Crippen molar-refractivity contribution < 1.29 is 0 Å². The second-order valence-electron chi connectivity index (χ2n) is 15.7. The second-order valence-corrected chi connectivity index (χ2v) is 16.8. The molecule has 1 heterocycles. The van der Waals surface area contributed by atoms with E-state index in [1.807, 2.05) is 11.3 Å². The highest BCUT2D eigenvalue weighted by atomic mass is 32.1. The minimum absolute atomic E-state index is 1.11. The van der Waals surface area contributed by atoms with Crippen LogP contribution in [-0.4, -0.2) is 0 Å². The number of benzene rings is 11. The normalized spacial score (nSPS) is 11.7. The highest BCUT2D eigenvalue weighted by Gasteiger charge is 2.19. The third kappa shape index (κ3) is 5.84. The van der Waals surface area contributed by atoms with E-state index in [1.54, 1.807) is 0 Å². The molecule has 60 heavy (non-hydrogen) atoms. The van der Waals surface area contributed by atoms with Crippen LogP contribution in [0, 0.1) is 0 Å². The molecule has 0 saturated carbocycles. The SMILES string of the molecule is c1ccc(-c2ccc(N(c3ccc4cc(-c5cc6ccccc6c6ccccc56)ccc4c3)c3ccc4sc5cc6ccccc6cc5c4c3)cc2-c2ccccc2)cc1. The summed E-state index contributed by atoms with van der Waals surface area (Å²) in [5, 5.41) is 12.6. The van der Waals surface area contributed by atoms with E-state index >= 15 is 0 Å². The summed E-state index contributed by atoms with van der Waals surface area (Å²) in [6.45, 7) is 0. The minimum Gasteiger partial charge on any atom is -0.310 e. The molecule has 0 bridgehead atoms. The molecule has 0 radical (unpaired) electrons. The van der Waals surface area contributed by atoms with Crippen molar-refractivity contribution in [3.8, 4) is 33.4 Å². The van der Waals surface area contributed by atoms with Gasteiger partial charge in [-0.05, 0) is 143 Å². The van der Waals surface area contributed by atoms with Gasteiger partial charge in [-0.25, -0.2) is 0 Å². The predicted molar refractivity (Wildman–Crippen MR) is 260 cm³/mol. The van der Waals surface area contributed by atoms with Crippen molar-refractivity contribution in [1.29, 1.82) is 0 Å². The smallest absolute Gasteiger partial charge is 0.0468 e. The number of anilines is 3. The van der Waals surface area contributed by atoms with Crippen LogP contribution in [0.4, 0.5) is 17.1 Å². The molecule has 0 aliphatic carbocycles. The van der Waals surface area contributed by atoms with Crippen LogP contribution >= 0.6 is 11.3 Å². The van der Waals surface area contributed by atoms with Crippen molar-refractivity contribution in [3.63, 3.8) is 0 Å². The average molecular weight is 780 g/mol. The molecule has 0 spiro atoms. The molecule has 12 rings (SSSR count). The summed E-state index contributed by atoms with van der Waals surface area (Å²) in [5.41, 5.74) is 10.6. The van der Waals surface area contributed by atoms with Gasteiger partial charge in [-0.1, -0.05) is 158 Å². The molecule has 12 aromatic rings. The van der Waals surface area contributed by atoms with Crippen LogP contribution in [-0.2, 0) is 0 Å². The van der Waals surface area contributed by atoms with Crippen LogP contribution in [0.25, 0.3) is 96.6 Å². The number of hydrogen-bond donors (Lipinski definition) is 0. The van der Waals surface area contributed by atoms with Crippen LogP contribution in [0.5, 0.6) is 0 Å². The van der Waals surface area contributed by atoms with E-state index in [9.17, 15) is 0 Å². The van der Waals surface area contributed by atoms with E-state index in [1.165, 1.54) is 96.6 Å². The van der Waals surface area contributed by atoms with Gasteiger partial charge in [-0.2, -0.15) is 0 Å². The highest BCUT2D eigenvalue weighted by molar-refractivity contribution is 7.25. The first-order valence-electron chi connectivity index (χ1n) is 20.6. The van der Waals surface area contributed by atoms with E-state index in [0.717, 1.165) is 17.1 Å². The first-order valence-corrected chi connectivity index (χ1v) is 21.4. The summed E-state index contributed by atoms with van der Waals surface area (Å²) >= 11 is 1.87. The zero-order valence-corrected chi connectivity index (χ0v) is 33.5. The Morgan fingerprint density at radius 2 is 0.800 bits per heavy atom. The van der Waals surface area contributed by atoms with Crippen molar-refractivity contribution in [3.05, 3.63) is 224 Å². The number of thiophene rings is 1. The minimum atomic E-state index is 1.11. The summed E-state index contributed by atoms with van der Waals surface area (Å²) in [6.07, 6.45) is 0. The fraction of sp³-hybridized carbons (Fsp3) is 0. The molecular weight excluding hydrogens is 743 g/mol. The van der Waals surface area contributed by atoms with E-state index in [4.69, 9.17) is 0 Å². The van der Waals surface area contributed by atoms with Crippen LogP contribution < -0.4 is 4.90 Å². The Morgan fingerprint density at radius 3 is 1.60 bits per heavy atom. The Kier molecular flexibility index (Phi) is 8.11. The first-order chi connectivity index (χ1) is 29.7. The van der Waals surface area contributed by atoms with Crippen molar-refractivity contribution >= 4 is 91.7 Å². The highest BCUT2D eigenvalue weighted by Crippen LogP contribution is 2.45. The summed E-state index contributed by atoms with van der Waals surface area (Å²) in [5.74, 6) is 0. The van der Waals surface area contributed by atoms with Gasteiger partial charge in [0.2, 0.25) is 0 Å². The molecule has 0 fully saturated rings. The molecule has 1 aromatic heterocycles. The van der Waals surface area contributed by atoms with Crippen molar-refractivity contribution in [2.24, 2.45) is 0 Å². The Bertz CT molecular complexity index is 3600. The van der Waals surface area contributed by atoms with Crippen LogP contribution in [0.1, 0.15) is 0 Å². The summed E-state index contributed by atoms with van der Waals surface area (Å²) in [4.78, 5) is 2.44. The van der Waals surface area contributed by atoms with Crippen LogP contribution in [0.3, 0.4) is 0 Å². The van der Waals surface area contributed by atoms with Gasteiger partial charge in [0.1, 0.15) is 0 Å². The lowest BCUT2D eigenvalue weighted by atomic mass is 9.92. The number of hydrogen-bond acceptors (Lipinski definition) is 2. The first kappa shape index (κ1) is 34.5. The number of rotatable bonds is 6. The average Bonchev–Trinajstić information content (AvgIpc) is 3.67. The van der Waals surface area contributed by atoms with Gasteiger partial charge in [0.05, 0.1) is 0 Å². The van der Waals surface area contributed by atoms with Gasteiger partial charge < -0.3 is 4.90 Å². The Balaban J connectivity index is 1.05. The number of nitrogens with zero attached hydrogens (tertiary/aromatic N) is 1. The molecule has 1 nitrogen and oxygen atoms in total. The van der Waals surface area contributed by atoms with Gasteiger partial charge in [-0.15, -0.1) is 11.3 Å². The van der Waals surface area contributed by atoms with Crippen molar-refractivity contribution in [1.82, 2.24) is 0 Å². The Morgan fingerprint density at radius 1 is 0.250 bits per heavy atom. The van der Waals surface area contributed by atoms with Gasteiger partial charge in [0.15, 0.2) is 0 Å². The zero-order chi connectivity index (χ0) is 39.6. The maximum Gasteiger partial charge on any atom is 0.0468 e. The quantitative estimate of drug-likeness (QED) is 0.152. The molecule has 2 heteroatoms. The standard InChI is InChI=1S/C58H37NS/c1-3-13-38(14-4-1)50-29-27-47(36-54(50)39-15-5-2-6-16-39)59(48-28-30-57-56(37-48)55-33-40-17-7-8-18-41(40)35-58(55)60-57)46-26-25-42-31-45(24-23-43(42)32-46)53-34-44-19-9-10-20-49(44)51-21-11-12-22-52(51)53/h1-37H. The lowest BCUT2D eigenvalue weighted by molar-refractivity contribution is 1.30. The van der Waals surface area contributed by atoms with Crippen molar-refractivity contribution in [2.45, 2.75) is 0 Å². The topological polar surface area (TPSA) is 3.24 Å². The largest absolute Gasteiger partial charge is 0.310 e. The molecule has 0 aliphatic rings. The molecule has 280 valence electrons. The summed E-state index contributed by atoms with van der Waals surface area (Å²) < 4.78 is 2.60. The Labute approximate surface area is 352 Å². The molecule has 0 atom stereocenters. The molecule has 0 aliphatic heterocycles. The van der Waals surface area contributed by atoms with Crippen LogP contribution in [0.15, 0.2) is 224 Å². The van der Waals surface area contributed by atoms with Gasteiger partial charge in [-0.3, -0.25) is 0 Å². The number of fused-ring (bicyclic) bond motifs is 8. The Hall–Kier alpha value is -7.52. The third-order valence-electron chi connectivity index (χ3n) is 12.2. The monoisotopic (exact) mass is 779 g/mol. The lowest BCUT2D eigenvalue weighted by Gasteiger charge is -2.27. The lowest BCUT2D eigenvalue weighted by Crippen LogP contribution is -2.10. The third-order valence-corrected chi connectivity index (χ3v) is 13.3. The van der Waals surface area contributed by atoms with E-state index < -0.39 is 0 Å². The zero-order valence-electron chi connectivity index (χ0n) is 32.7. The van der Waals surface area contributed by atoms with E-state index in [0.29, 0.717) is 0 Å². The molecule has 0 unspecified atom stereocenters. The van der Waals surface area contributed by atoms with Crippen LogP contribution in [0.2, 0.25) is 0 Å². The summed E-state index contributed by atoms with van der Waals surface area (Å²) in [6, 6.07) is 82.7. The fourth-order valence-corrected chi connectivity index (χ4v) is 10.4.